The van der Waals surface area contributed by atoms with E-state index in [0.717, 1.165) is 41.5 Å². The topological polar surface area (TPSA) is 57.7 Å². The van der Waals surface area contributed by atoms with E-state index in [4.69, 9.17) is 14.2 Å². The van der Waals surface area contributed by atoms with Crippen LogP contribution < -0.4 is 9.47 Å². The van der Waals surface area contributed by atoms with Crippen molar-refractivity contribution in [3.63, 3.8) is 0 Å². The molecule has 0 N–H and O–H groups in total. The van der Waals surface area contributed by atoms with Crippen LogP contribution in [0, 0.1) is 17.7 Å². The van der Waals surface area contributed by atoms with E-state index in [1.807, 2.05) is 42.5 Å². The molecule has 2 aliphatic rings. The Balaban J connectivity index is 1.32. The molecule has 6 heteroatoms. The van der Waals surface area contributed by atoms with E-state index in [0.29, 0.717) is 43.2 Å². The first-order valence-corrected chi connectivity index (χ1v) is 13.2. The van der Waals surface area contributed by atoms with Crippen LogP contribution >= 0.6 is 0 Å². The van der Waals surface area contributed by atoms with Crippen LogP contribution in [0.1, 0.15) is 68.2 Å². The Morgan fingerprint density at radius 1 is 1.08 bits per heavy atom. The highest BCUT2D eigenvalue weighted by atomic mass is 19.1. The summed E-state index contributed by atoms with van der Waals surface area (Å²) in [6.07, 6.45) is 5.08. The Kier molecular flexibility index (Phi) is 8.05. The fraction of sp³-hybridized carbons (Fsp3) is 0.375. The third-order valence-corrected chi connectivity index (χ3v) is 7.16. The van der Waals surface area contributed by atoms with Crippen molar-refractivity contribution >= 4 is 5.78 Å². The Labute approximate surface area is 223 Å². The quantitative estimate of drug-likeness (QED) is 0.318. The van der Waals surface area contributed by atoms with Gasteiger partial charge in [-0.3, -0.25) is 4.79 Å². The molecule has 1 aromatic heterocycles. The summed E-state index contributed by atoms with van der Waals surface area (Å²) < 4.78 is 32.7. The van der Waals surface area contributed by atoms with Gasteiger partial charge in [0.2, 0.25) is 5.88 Å². The number of nitrogens with zero attached hydrogens (tertiary/aromatic N) is 1. The SMILES string of the molecule is CC#C[C@@H](CC(C)=O)c1ccc(O[C@@H]2CCc3c(-c4ccc(OC5CCOCC5)nc4)ccc(F)c32)cc1. The zero-order chi connectivity index (χ0) is 26.5. The van der Waals surface area contributed by atoms with Gasteiger partial charge in [0.15, 0.2) is 0 Å². The molecule has 5 rings (SSSR count). The summed E-state index contributed by atoms with van der Waals surface area (Å²) in [5, 5.41) is 0. The van der Waals surface area contributed by atoms with Crippen LogP contribution in [0.25, 0.3) is 11.1 Å². The number of aromatic nitrogens is 1. The van der Waals surface area contributed by atoms with Crippen LogP contribution in [0.2, 0.25) is 0 Å². The summed E-state index contributed by atoms with van der Waals surface area (Å²) in [6.45, 7) is 4.78. The summed E-state index contributed by atoms with van der Waals surface area (Å²) >= 11 is 0. The van der Waals surface area contributed by atoms with Crippen molar-refractivity contribution in [3.8, 4) is 34.6 Å². The van der Waals surface area contributed by atoms with Crippen LogP contribution in [0.5, 0.6) is 11.6 Å². The number of carbonyl (C=O) groups excluding carboxylic acids is 1. The number of rotatable bonds is 8. The van der Waals surface area contributed by atoms with Crippen molar-refractivity contribution in [1.29, 1.82) is 0 Å². The number of Topliss-reactive ketones (excluding diaryl/α,β-unsaturated/α-hetero) is 1. The zero-order valence-electron chi connectivity index (χ0n) is 21.8. The predicted octanol–water partition coefficient (Wildman–Crippen LogP) is 6.60. The Morgan fingerprint density at radius 2 is 1.87 bits per heavy atom. The van der Waals surface area contributed by atoms with Crippen molar-refractivity contribution in [2.24, 2.45) is 0 Å². The normalized spacial score (nSPS) is 17.7. The van der Waals surface area contributed by atoms with E-state index in [9.17, 15) is 4.79 Å². The van der Waals surface area contributed by atoms with Crippen LogP contribution in [0.4, 0.5) is 4.39 Å². The molecule has 0 bridgehead atoms. The molecular weight excluding hydrogens is 481 g/mol. The molecular formula is C32H32FNO4. The smallest absolute Gasteiger partial charge is 0.213 e. The molecule has 0 amide bonds. The van der Waals surface area contributed by atoms with Gasteiger partial charge in [-0.1, -0.05) is 24.1 Å². The highest BCUT2D eigenvalue weighted by molar-refractivity contribution is 5.77. The molecule has 5 nitrogen and oxygen atoms in total. The second-order valence-corrected chi connectivity index (χ2v) is 9.87. The summed E-state index contributed by atoms with van der Waals surface area (Å²) in [7, 11) is 0. The maximum Gasteiger partial charge on any atom is 0.213 e. The first-order valence-electron chi connectivity index (χ1n) is 13.2. The van der Waals surface area contributed by atoms with E-state index in [1.165, 1.54) is 6.07 Å². The van der Waals surface area contributed by atoms with E-state index in [1.54, 1.807) is 20.0 Å². The Hall–Kier alpha value is -3.69. The molecule has 1 saturated heterocycles. The molecule has 38 heavy (non-hydrogen) atoms. The number of hydrogen-bond acceptors (Lipinski definition) is 5. The van der Waals surface area contributed by atoms with Crippen molar-refractivity contribution < 1.29 is 23.4 Å². The average molecular weight is 514 g/mol. The second kappa shape index (κ2) is 11.8. The van der Waals surface area contributed by atoms with E-state index in [2.05, 4.69) is 16.8 Å². The minimum absolute atomic E-state index is 0.101. The summed E-state index contributed by atoms with van der Waals surface area (Å²) in [5.74, 6) is 6.99. The molecule has 2 aromatic carbocycles. The molecule has 0 unspecified atom stereocenters. The van der Waals surface area contributed by atoms with Crippen LogP contribution in [-0.4, -0.2) is 30.1 Å². The standard InChI is InChI=1S/C32H32FNO4/c1-3-4-23(19-21(2)35)22-5-8-25(9-6-22)37-30-13-11-28-27(10-12-29(33)32(28)30)24-7-14-31(34-20-24)38-26-15-17-36-18-16-26/h5-10,12,14,20,23,26,30H,11,13,15-19H2,1-2H3/t23-,30+/m0/s1. The second-order valence-electron chi connectivity index (χ2n) is 9.87. The van der Waals surface area contributed by atoms with Crippen LogP contribution in [0.3, 0.4) is 0 Å². The number of carbonyl (C=O) groups is 1. The van der Waals surface area contributed by atoms with Gasteiger partial charge in [-0.15, -0.1) is 5.92 Å². The van der Waals surface area contributed by atoms with Gasteiger partial charge < -0.3 is 14.2 Å². The lowest BCUT2D eigenvalue weighted by Crippen LogP contribution is -2.26. The molecule has 1 fully saturated rings. The van der Waals surface area contributed by atoms with Crippen molar-refractivity contribution in [2.45, 2.75) is 64.1 Å². The maximum atomic E-state index is 15.1. The summed E-state index contributed by atoms with van der Waals surface area (Å²) in [5.41, 5.74) is 4.45. The molecule has 2 atom stereocenters. The number of ether oxygens (including phenoxy) is 3. The minimum atomic E-state index is -0.372. The molecule has 0 saturated carbocycles. The van der Waals surface area contributed by atoms with Crippen LogP contribution in [0.15, 0.2) is 54.7 Å². The number of ketones is 1. The van der Waals surface area contributed by atoms with Gasteiger partial charge in [-0.25, -0.2) is 9.37 Å². The maximum absolute atomic E-state index is 15.1. The van der Waals surface area contributed by atoms with E-state index >= 15 is 4.39 Å². The fourth-order valence-corrected chi connectivity index (χ4v) is 5.29. The lowest BCUT2D eigenvalue weighted by atomic mass is 9.94. The first kappa shape index (κ1) is 25.9. The Morgan fingerprint density at radius 3 is 2.55 bits per heavy atom. The molecule has 0 radical (unpaired) electrons. The largest absolute Gasteiger partial charge is 0.486 e. The average Bonchev–Trinajstić information content (AvgIpc) is 3.34. The van der Waals surface area contributed by atoms with Gasteiger partial charge in [0.25, 0.3) is 0 Å². The van der Waals surface area contributed by atoms with Crippen LogP contribution in [-0.2, 0) is 16.0 Å². The minimum Gasteiger partial charge on any atom is -0.486 e. The molecule has 196 valence electrons. The molecule has 3 aromatic rings. The summed E-state index contributed by atoms with van der Waals surface area (Å²) in [4.78, 5) is 16.2. The molecule has 1 aliphatic heterocycles. The van der Waals surface area contributed by atoms with Gasteiger partial charge in [-0.2, -0.15) is 0 Å². The summed E-state index contributed by atoms with van der Waals surface area (Å²) in [6, 6.07) is 14.8. The lowest BCUT2D eigenvalue weighted by Gasteiger charge is -2.22. The van der Waals surface area contributed by atoms with Gasteiger partial charge >= 0.3 is 0 Å². The number of hydrogen-bond donors (Lipinski definition) is 0. The van der Waals surface area contributed by atoms with Gasteiger partial charge in [0, 0.05) is 42.7 Å². The van der Waals surface area contributed by atoms with Crippen molar-refractivity contribution in [3.05, 3.63) is 77.2 Å². The third-order valence-electron chi connectivity index (χ3n) is 7.16. The number of halogens is 1. The van der Waals surface area contributed by atoms with Gasteiger partial charge in [0.05, 0.1) is 19.1 Å². The van der Waals surface area contributed by atoms with E-state index in [-0.39, 0.29) is 29.7 Å². The Bertz CT molecular complexity index is 1330. The lowest BCUT2D eigenvalue weighted by molar-refractivity contribution is -0.117. The molecule has 2 heterocycles. The predicted molar refractivity (Wildman–Crippen MR) is 144 cm³/mol. The highest BCUT2D eigenvalue weighted by Crippen LogP contribution is 2.42. The van der Waals surface area contributed by atoms with Crippen molar-refractivity contribution in [1.82, 2.24) is 4.98 Å². The zero-order valence-corrected chi connectivity index (χ0v) is 21.8. The molecule has 1 aliphatic carbocycles. The first-order chi connectivity index (χ1) is 18.5. The highest BCUT2D eigenvalue weighted by Gasteiger charge is 2.30. The number of benzene rings is 2. The fourth-order valence-electron chi connectivity index (χ4n) is 5.29. The van der Waals surface area contributed by atoms with Gasteiger partial charge in [0.1, 0.15) is 29.6 Å². The third kappa shape index (κ3) is 5.89. The molecule has 0 spiro atoms. The monoisotopic (exact) mass is 513 g/mol. The number of pyridine rings is 1. The van der Waals surface area contributed by atoms with Gasteiger partial charge in [-0.05, 0) is 67.6 Å². The van der Waals surface area contributed by atoms with Crippen molar-refractivity contribution in [2.75, 3.05) is 13.2 Å². The van der Waals surface area contributed by atoms with E-state index < -0.39 is 0 Å². The number of fused-ring (bicyclic) bond motifs is 1.